The number of likely N-dealkylation sites (tertiary alicyclic amines) is 1. The lowest BCUT2D eigenvalue weighted by Gasteiger charge is -2.41. The first-order valence-corrected chi connectivity index (χ1v) is 9.57. The lowest BCUT2D eigenvalue weighted by molar-refractivity contribution is -0.141. The maximum Gasteiger partial charge on any atom is 0.228 e. The molecule has 1 atom stereocenters. The van der Waals surface area contributed by atoms with E-state index in [9.17, 15) is 9.59 Å². The lowest BCUT2D eigenvalue weighted by atomic mass is 9.74. The Kier molecular flexibility index (Phi) is 5.89. The largest absolute Gasteiger partial charge is 0.359 e. The SMILES string of the molecule is CCC(=O)N1CCCC(Cc2cccc(-c3cccnc3)c2)(C(=O)NC)C1. The third-order valence-electron chi connectivity index (χ3n) is 5.41. The number of nitrogens with zero attached hydrogens (tertiary/aromatic N) is 2. The van der Waals surface area contributed by atoms with E-state index in [2.05, 4.69) is 28.5 Å². The van der Waals surface area contributed by atoms with Crippen LogP contribution in [0, 0.1) is 5.41 Å². The standard InChI is InChI=1S/C22H27N3O2/c1-3-20(26)25-12-6-10-22(16-25,21(27)23-2)14-17-7-4-8-18(13-17)19-9-5-11-24-15-19/h4-5,7-9,11,13,15H,3,6,10,12,14,16H2,1-2H3,(H,23,27). The zero-order valence-corrected chi connectivity index (χ0v) is 16.1. The Morgan fingerprint density at radius 3 is 2.74 bits per heavy atom. The van der Waals surface area contributed by atoms with Crippen molar-refractivity contribution in [2.45, 2.75) is 32.6 Å². The summed E-state index contributed by atoms with van der Waals surface area (Å²) >= 11 is 0. The Morgan fingerprint density at radius 2 is 2.04 bits per heavy atom. The van der Waals surface area contributed by atoms with Gasteiger partial charge in [-0.2, -0.15) is 0 Å². The van der Waals surface area contributed by atoms with Crippen molar-refractivity contribution >= 4 is 11.8 Å². The second-order valence-corrected chi connectivity index (χ2v) is 7.25. The first-order chi connectivity index (χ1) is 13.1. The highest BCUT2D eigenvalue weighted by Crippen LogP contribution is 2.35. The molecule has 27 heavy (non-hydrogen) atoms. The van der Waals surface area contributed by atoms with Crippen LogP contribution in [0.2, 0.25) is 0 Å². The Morgan fingerprint density at radius 1 is 1.22 bits per heavy atom. The molecule has 1 aliphatic rings. The fraction of sp³-hybridized carbons (Fsp3) is 0.409. The van der Waals surface area contributed by atoms with Crippen molar-refractivity contribution < 1.29 is 9.59 Å². The molecule has 5 heteroatoms. The fourth-order valence-electron chi connectivity index (χ4n) is 4.03. The second kappa shape index (κ2) is 8.33. The van der Waals surface area contributed by atoms with Gasteiger partial charge in [0.1, 0.15) is 0 Å². The highest BCUT2D eigenvalue weighted by Gasteiger charge is 2.42. The molecule has 2 aromatic rings. The average molecular weight is 365 g/mol. The van der Waals surface area contributed by atoms with Crippen molar-refractivity contribution in [2.75, 3.05) is 20.1 Å². The maximum absolute atomic E-state index is 12.8. The van der Waals surface area contributed by atoms with Crippen LogP contribution < -0.4 is 5.32 Å². The molecular weight excluding hydrogens is 338 g/mol. The van der Waals surface area contributed by atoms with Gasteiger partial charge in [0, 0.05) is 39.0 Å². The van der Waals surface area contributed by atoms with Gasteiger partial charge in [-0.05, 0) is 42.0 Å². The third kappa shape index (κ3) is 4.18. The van der Waals surface area contributed by atoms with Gasteiger partial charge >= 0.3 is 0 Å². The fourth-order valence-corrected chi connectivity index (χ4v) is 4.03. The molecule has 0 aliphatic carbocycles. The highest BCUT2D eigenvalue weighted by molar-refractivity contribution is 5.84. The van der Waals surface area contributed by atoms with Gasteiger partial charge in [-0.1, -0.05) is 37.3 Å². The molecule has 1 fully saturated rings. The summed E-state index contributed by atoms with van der Waals surface area (Å²) in [5.41, 5.74) is 2.67. The third-order valence-corrected chi connectivity index (χ3v) is 5.41. The number of hydrogen-bond acceptors (Lipinski definition) is 3. The molecule has 2 amide bonds. The van der Waals surface area contributed by atoms with Crippen molar-refractivity contribution in [3.63, 3.8) is 0 Å². The summed E-state index contributed by atoms with van der Waals surface area (Å²) in [5, 5.41) is 2.83. The normalized spacial score (nSPS) is 19.6. The van der Waals surface area contributed by atoms with Gasteiger partial charge in [-0.15, -0.1) is 0 Å². The first-order valence-electron chi connectivity index (χ1n) is 9.57. The number of pyridine rings is 1. The van der Waals surface area contributed by atoms with Crippen LogP contribution in [0.1, 0.15) is 31.7 Å². The first kappa shape index (κ1) is 19.1. The molecule has 142 valence electrons. The predicted molar refractivity (Wildman–Crippen MR) is 106 cm³/mol. The van der Waals surface area contributed by atoms with E-state index in [1.165, 1.54) is 0 Å². The zero-order chi connectivity index (χ0) is 19.3. The molecule has 5 nitrogen and oxygen atoms in total. The molecule has 0 spiro atoms. The Bertz CT molecular complexity index is 806. The van der Waals surface area contributed by atoms with E-state index in [1.807, 2.05) is 36.2 Å². The summed E-state index contributed by atoms with van der Waals surface area (Å²) in [6.07, 6.45) is 6.33. The minimum absolute atomic E-state index is 0.0166. The van der Waals surface area contributed by atoms with Gasteiger partial charge in [0.2, 0.25) is 11.8 Å². The lowest BCUT2D eigenvalue weighted by Crippen LogP contribution is -2.53. The summed E-state index contributed by atoms with van der Waals surface area (Å²) in [6.45, 7) is 3.09. The van der Waals surface area contributed by atoms with Crippen molar-refractivity contribution in [1.29, 1.82) is 0 Å². The smallest absolute Gasteiger partial charge is 0.228 e. The zero-order valence-electron chi connectivity index (χ0n) is 16.1. The molecule has 0 saturated carbocycles. The highest BCUT2D eigenvalue weighted by atomic mass is 16.2. The summed E-state index contributed by atoms with van der Waals surface area (Å²) in [5.74, 6) is 0.134. The number of carbonyl (C=O) groups is 2. The molecule has 1 unspecified atom stereocenters. The van der Waals surface area contributed by atoms with E-state index in [1.54, 1.807) is 13.2 Å². The Balaban J connectivity index is 1.89. The molecule has 3 rings (SSSR count). The quantitative estimate of drug-likeness (QED) is 0.886. The molecule has 1 N–H and O–H groups in total. The number of amides is 2. The molecule has 0 radical (unpaired) electrons. The average Bonchev–Trinajstić information content (AvgIpc) is 2.73. The van der Waals surface area contributed by atoms with Gasteiger partial charge in [-0.3, -0.25) is 14.6 Å². The number of rotatable bonds is 5. The summed E-state index contributed by atoms with van der Waals surface area (Å²) in [6, 6.07) is 12.2. The molecule has 1 aromatic carbocycles. The molecule has 1 saturated heterocycles. The van der Waals surface area contributed by atoms with E-state index in [4.69, 9.17) is 0 Å². The van der Waals surface area contributed by atoms with Crippen LogP contribution in [-0.2, 0) is 16.0 Å². The molecular formula is C22H27N3O2. The van der Waals surface area contributed by atoms with Crippen LogP contribution in [0.5, 0.6) is 0 Å². The maximum atomic E-state index is 12.8. The van der Waals surface area contributed by atoms with Crippen LogP contribution in [-0.4, -0.2) is 41.8 Å². The Hall–Kier alpha value is -2.69. The molecule has 1 aromatic heterocycles. The molecule has 0 bridgehead atoms. The van der Waals surface area contributed by atoms with Gasteiger partial charge < -0.3 is 10.2 Å². The van der Waals surface area contributed by atoms with Crippen LogP contribution in [0.25, 0.3) is 11.1 Å². The van der Waals surface area contributed by atoms with Crippen molar-refractivity contribution in [1.82, 2.24) is 15.2 Å². The van der Waals surface area contributed by atoms with Gasteiger partial charge in [0.25, 0.3) is 0 Å². The van der Waals surface area contributed by atoms with Crippen molar-refractivity contribution in [2.24, 2.45) is 5.41 Å². The summed E-state index contributed by atoms with van der Waals surface area (Å²) < 4.78 is 0. The number of nitrogens with one attached hydrogen (secondary N) is 1. The van der Waals surface area contributed by atoms with E-state index in [0.717, 1.165) is 36.1 Å². The number of benzene rings is 1. The minimum atomic E-state index is -0.578. The van der Waals surface area contributed by atoms with Crippen LogP contribution in [0.15, 0.2) is 48.8 Å². The molecule has 2 heterocycles. The topological polar surface area (TPSA) is 62.3 Å². The van der Waals surface area contributed by atoms with Gasteiger partial charge in [0.05, 0.1) is 5.41 Å². The predicted octanol–water partition coefficient (Wildman–Crippen LogP) is 3.06. The van der Waals surface area contributed by atoms with E-state index < -0.39 is 5.41 Å². The number of hydrogen-bond donors (Lipinski definition) is 1. The van der Waals surface area contributed by atoms with Crippen LogP contribution >= 0.6 is 0 Å². The van der Waals surface area contributed by atoms with E-state index in [0.29, 0.717) is 19.4 Å². The van der Waals surface area contributed by atoms with Crippen LogP contribution in [0.4, 0.5) is 0 Å². The van der Waals surface area contributed by atoms with Gasteiger partial charge in [0.15, 0.2) is 0 Å². The van der Waals surface area contributed by atoms with Gasteiger partial charge in [-0.25, -0.2) is 0 Å². The Labute approximate surface area is 160 Å². The van der Waals surface area contributed by atoms with Crippen molar-refractivity contribution in [3.8, 4) is 11.1 Å². The second-order valence-electron chi connectivity index (χ2n) is 7.25. The minimum Gasteiger partial charge on any atom is -0.359 e. The molecule has 1 aliphatic heterocycles. The van der Waals surface area contributed by atoms with E-state index in [-0.39, 0.29) is 11.8 Å². The summed E-state index contributed by atoms with van der Waals surface area (Å²) in [4.78, 5) is 31.1. The summed E-state index contributed by atoms with van der Waals surface area (Å²) in [7, 11) is 1.68. The number of aromatic nitrogens is 1. The monoisotopic (exact) mass is 365 g/mol. The number of piperidine rings is 1. The van der Waals surface area contributed by atoms with E-state index >= 15 is 0 Å². The van der Waals surface area contributed by atoms with Crippen LogP contribution in [0.3, 0.4) is 0 Å². The number of carbonyl (C=O) groups excluding carboxylic acids is 2. The van der Waals surface area contributed by atoms with Crippen molar-refractivity contribution in [3.05, 3.63) is 54.4 Å².